The first-order valence-electron chi connectivity index (χ1n) is 6.65. The number of carbonyl (C=O) groups is 2. The minimum absolute atomic E-state index is 0.0814. The molecule has 0 spiro atoms. The number of amides is 2. The molecule has 4 nitrogen and oxygen atoms in total. The monoisotopic (exact) mass is 272 g/mol. The van der Waals surface area contributed by atoms with Crippen molar-refractivity contribution < 1.29 is 9.59 Å². The fourth-order valence-electron chi connectivity index (χ4n) is 2.56. The van der Waals surface area contributed by atoms with E-state index in [1.165, 1.54) is 6.08 Å². The van der Waals surface area contributed by atoms with E-state index in [1.807, 2.05) is 39.0 Å². The highest BCUT2D eigenvalue weighted by Crippen LogP contribution is 2.30. The summed E-state index contributed by atoms with van der Waals surface area (Å²) in [5.41, 5.74) is 0.383. The van der Waals surface area contributed by atoms with Crippen LogP contribution in [0.5, 0.6) is 0 Å². The molecule has 1 aromatic rings. The molecule has 0 saturated heterocycles. The molecule has 0 aliphatic carbocycles. The third-order valence-corrected chi connectivity index (χ3v) is 3.39. The lowest BCUT2D eigenvalue weighted by Crippen LogP contribution is -2.57. The van der Waals surface area contributed by atoms with Crippen molar-refractivity contribution in [2.45, 2.75) is 26.9 Å². The van der Waals surface area contributed by atoms with Crippen LogP contribution in [0.25, 0.3) is 0 Å². The van der Waals surface area contributed by atoms with Gasteiger partial charge in [-0.15, -0.1) is 0 Å². The molecule has 1 aliphatic rings. The van der Waals surface area contributed by atoms with Gasteiger partial charge < -0.3 is 4.90 Å². The first kappa shape index (κ1) is 14.3. The standard InChI is InChI=1S/C16H20N2O2/c1-16(2,3)15-17(4)13(19)10-11-18(15)14(20)12-8-6-5-7-9-12/h5-11,15H,1-4H3. The second-order valence-electron chi connectivity index (χ2n) is 6.08. The topological polar surface area (TPSA) is 40.6 Å². The second-order valence-corrected chi connectivity index (χ2v) is 6.08. The zero-order chi connectivity index (χ0) is 14.9. The van der Waals surface area contributed by atoms with Crippen molar-refractivity contribution in [3.8, 4) is 0 Å². The average molecular weight is 272 g/mol. The smallest absolute Gasteiger partial charge is 0.259 e. The Morgan fingerprint density at radius 3 is 2.30 bits per heavy atom. The van der Waals surface area contributed by atoms with Crippen LogP contribution in [0.15, 0.2) is 42.6 Å². The predicted octanol–water partition coefficient (Wildman–Crippen LogP) is 2.49. The molecule has 1 atom stereocenters. The molecular weight excluding hydrogens is 252 g/mol. The summed E-state index contributed by atoms with van der Waals surface area (Å²) in [5.74, 6) is -0.178. The number of benzene rings is 1. The first-order valence-corrected chi connectivity index (χ1v) is 6.65. The van der Waals surface area contributed by atoms with Gasteiger partial charge in [0, 0.05) is 30.3 Å². The van der Waals surface area contributed by atoms with Gasteiger partial charge in [0.15, 0.2) is 0 Å². The molecule has 0 aromatic heterocycles. The maximum absolute atomic E-state index is 12.6. The van der Waals surface area contributed by atoms with E-state index in [2.05, 4.69) is 0 Å². The van der Waals surface area contributed by atoms with E-state index in [0.717, 1.165) is 0 Å². The molecule has 0 N–H and O–H groups in total. The van der Waals surface area contributed by atoms with E-state index >= 15 is 0 Å². The molecular formula is C16H20N2O2. The fraction of sp³-hybridized carbons (Fsp3) is 0.375. The zero-order valence-electron chi connectivity index (χ0n) is 12.3. The number of likely N-dealkylation sites (N-methyl/N-ethyl adjacent to an activating group) is 1. The van der Waals surface area contributed by atoms with Crippen molar-refractivity contribution in [3.63, 3.8) is 0 Å². The molecule has 1 heterocycles. The van der Waals surface area contributed by atoms with Gasteiger partial charge in [0.05, 0.1) is 0 Å². The molecule has 2 amide bonds. The van der Waals surface area contributed by atoms with Crippen LogP contribution >= 0.6 is 0 Å². The normalized spacial score (nSPS) is 19.4. The molecule has 0 fully saturated rings. The van der Waals surface area contributed by atoms with Gasteiger partial charge >= 0.3 is 0 Å². The number of rotatable bonds is 1. The largest absolute Gasteiger partial charge is 0.321 e. The maximum Gasteiger partial charge on any atom is 0.259 e. The molecule has 106 valence electrons. The predicted molar refractivity (Wildman–Crippen MR) is 77.8 cm³/mol. The van der Waals surface area contributed by atoms with Gasteiger partial charge in [-0.1, -0.05) is 39.0 Å². The second kappa shape index (κ2) is 5.12. The van der Waals surface area contributed by atoms with Crippen LogP contribution in [0.1, 0.15) is 31.1 Å². The zero-order valence-corrected chi connectivity index (χ0v) is 12.3. The van der Waals surface area contributed by atoms with Gasteiger partial charge in [0.2, 0.25) is 5.91 Å². The van der Waals surface area contributed by atoms with E-state index < -0.39 is 0 Å². The van der Waals surface area contributed by atoms with Gasteiger partial charge in [0.1, 0.15) is 6.17 Å². The highest BCUT2D eigenvalue weighted by molar-refractivity contribution is 5.97. The summed E-state index contributed by atoms with van der Waals surface area (Å²) in [6, 6.07) is 9.11. The van der Waals surface area contributed by atoms with Crippen molar-refractivity contribution in [2.24, 2.45) is 5.41 Å². The van der Waals surface area contributed by atoms with E-state index in [1.54, 1.807) is 35.2 Å². The van der Waals surface area contributed by atoms with Crippen LogP contribution in [0.2, 0.25) is 0 Å². The molecule has 1 aromatic carbocycles. The minimum atomic E-state index is -0.298. The van der Waals surface area contributed by atoms with Gasteiger partial charge in [-0.05, 0) is 12.1 Å². The van der Waals surface area contributed by atoms with Crippen LogP contribution < -0.4 is 0 Å². The van der Waals surface area contributed by atoms with Crippen LogP contribution in [0, 0.1) is 5.41 Å². The van der Waals surface area contributed by atoms with Crippen LogP contribution in [-0.2, 0) is 4.79 Å². The van der Waals surface area contributed by atoms with Crippen LogP contribution in [0.4, 0.5) is 0 Å². The SMILES string of the molecule is CN1C(=O)C=CN(C(=O)c2ccccc2)C1C(C)(C)C. The number of nitrogens with zero attached hydrogens (tertiary/aromatic N) is 2. The Labute approximate surface area is 119 Å². The van der Waals surface area contributed by atoms with Crippen molar-refractivity contribution in [3.05, 3.63) is 48.2 Å². The molecule has 1 aliphatic heterocycles. The summed E-state index contributed by atoms with van der Waals surface area (Å²) in [5, 5.41) is 0. The molecule has 4 heteroatoms. The summed E-state index contributed by atoms with van der Waals surface area (Å²) in [7, 11) is 1.73. The Bertz CT molecular complexity index is 543. The van der Waals surface area contributed by atoms with E-state index in [-0.39, 0.29) is 23.4 Å². The highest BCUT2D eigenvalue weighted by Gasteiger charge is 2.39. The lowest BCUT2D eigenvalue weighted by molar-refractivity contribution is -0.134. The summed E-state index contributed by atoms with van der Waals surface area (Å²) in [6.07, 6.45) is 2.73. The van der Waals surface area contributed by atoms with Gasteiger partial charge in [-0.25, -0.2) is 0 Å². The Kier molecular flexibility index (Phi) is 3.66. The van der Waals surface area contributed by atoms with Crippen molar-refractivity contribution >= 4 is 11.8 Å². The Hall–Kier alpha value is -2.10. The highest BCUT2D eigenvalue weighted by atomic mass is 16.2. The first-order chi connectivity index (χ1) is 9.32. The summed E-state index contributed by atoms with van der Waals surface area (Å²) in [4.78, 5) is 27.8. The van der Waals surface area contributed by atoms with Crippen molar-refractivity contribution in [2.75, 3.05) is 7.05 Å². The van der Waals surface area contributed by atoms with E-state index in [9.17, 15) is 9.59 Å². The molecule has 1 unspecified atom stereocenters. The average Bonchev–Trinajstić information content (AvgIpc) is 2.40. The van der Waals surface area contributed by atoms with Crippen molar-refractivity contribution in [1.82, 2.24) is 9.80 Å². The third-order valence-electron chi connectivity index (χ3n) is 3.39. The Morgan fingerprint density at radius 2 is 1.75 bits per heavy atom. The molecule has 0 saturated carbocycles. The molecule has 2 rings (SSSR count). The lowest BCUT2D eigenvalue weighted by atomic mass is 9.89. The molecule has 0 bridgehead atoms. The maximum atomic E-state index is 12.6. The van der Waals surface area contributed by atoms with Gasteiger partial charge in [-0.3, -0.25) is 14.5 Å². The Morgan fingerprint density at radius 1 is 1.15 bits per heavy atom. The van der Waals surface area contributed by atoms with E-state index in [4.69, 9.17) is 0 Å². The summed E-state index contributed by atoms with van der Waals surface area (Å²) in [6.45, 7) is 6.06. The minimum Gasteiger partial charge on any atom is -0.321 e. The van der Waals surface area contributed by atoms with E-state index in [0.29, 0.717) is 5.56 Å². The Balaban J connectivity index is 2.40. The molecule has 20 heavy (non-hydrogen) atoms. The summed E-state index contributed by atoms with van der Waals surface area (Å²) >= 11 is 0. The summed E-state index contributed by atoms with van der Waals surface area (Å²) < 4.78 is 0. The van der Waals surface area contributed by atoms with Crippen LogP contribution in [-0.4, -0.2) is 34.8 Å². The van der Waals surface area contributed by atoms with Gasteiger partial charge in [-0.2, -0.15) is 0 Å². The number of hydrogen-bond donors (Lipinski definition) is 0. The molecule has 0 radical (unpaired) electrons. The lowest BCUT2D eigenvalue weighted by Gasteiger charge is -2.45. The fourth-order valence-corrected chi connectivity index (χ4v) is 2.56. The number of carbonyl (C=O) groups excluding carboxylic acids is 2. The van der Waals surface area contributed by atoms with Crippen molar-refractivity contribution in [1.29, 1.82) is 0 Å². The van der Waals surface area contributed by atoms with Crippen LogP contribution in [0.3, 0.4) is 0 Å². The van der Waals surface area contributed by atoms with Gasteiger partial charge in [0.25, 0.3) is 5.91 Å². The quantitative estimate of drug-likeness (QED) is 0.788. The third kappa shape index (κ3) is 2.59. The number of hydrogen-bond acceptors (Lipinski definition) is 2.